The van der Waals surface area contributed by atoms with Crippen LogP contribution in [0.3, 0.4) is 0 Å². The average Bonchev–Trinajstić information content (AvgIpc) is 2.58. The SMILES string of the molecule is Cc1nc(-c2ccccc2)nnc1NC(C)N1CC=CCC1. The van der Waals surface area contributed by atoms with E-state index in [0.717, 1.165) is 36.6 Å². The number of aryl methyl sites for hydroxylation is 1. The van der Waals surface area contributed by atoms with Crippen molar-refractivity contribution in [1.29, 1.82) is 0 Å². The monoisotopic (exact) mass is 295 g/mol. The van der Waals surface area contributed by atoms with Gasteiger partial charge in [-0.25, -0.2) is 4.98 Å². The first-order valence-corrected chi connectivity index (χ1v) is 7.66. The van der Waals surface area contributed by atoms with Gasteiger partial charge in [-0.05, 0) is 20.3 Å². The molecule has 0 fully saturated rings. The van der Waals surface area contributed by atoms with Gasteiger partial charge in [0.15, 0.2) is 11.6 Å². The molecule has 1 aromatic carbocycles. The quantitative estimate of drug-likeness (QED) is 0.879. The zero-order valence-corrected chi connectivity index (χ0v) is 13.0. The van der Waals surface area contributed by atoms with Crippen LogP contribution in [0.5, 0.6) is 0 Å². The number of nitrogens with one attached hydrogen (secondary N) is 1. The van der Waals surface area contributed by atoms with Crippen LogP contribution in [0, 0.1) is 6.92 Å². The third-order valence-electron chi connectivity index (χ3n) is 3.88. The normalized spacial score (nSPS) is 16.5. The number of hydrogen-bond donors (Lipinski definition) is 1. The molecule has 0 radical (unpaired) electrons. The molecule has 114 valence electrons. The fourth-order valence-electron chi connectivity index (χ4n) is 2.55. The summed E-state index contributed by atoms with van der Waals surface area (Å²) in [6, 6.07) is 9.92. The highest BCUT2D eigenvalue weighted by molar-refractivity contribution is 5.55. The number of benzene rings is 1. The number of aromatic nitrogens is 3. The molecule has 0 saturated heterocycles. The molecule has 1 aliphatic rings. The van der Waals surface area contributed by atoms with Gasteiger partial charge in [-0.2, -0.15) is 0 Å². The average molecular weight is 295 g/mol. The number of anilines is 1. The van der Waals surface area contributed by atoms with E-state index >= 15 is 0 Å². The van der Waals surface area contributed by atoms with Crippen molar-refractivity contribution < 1.29 is 0 Å². The molecule has 1 aliphatic heterocycles. The van der Waals surface area contributed by atoms with Crippen LogP contribution in [0.1, 0.15) is 19.0 Å². The van der Waals surface area contributed by atoms with Gasteiger partial charge in [0.25, 0.3) is 0 Å². The summed E-state index contributed by atoms with van der Waals surface area (Å²) in [7, 11) is 0. The maximum Gasteiger partial charge on any atom is 0.182 e. The van der Waals surface area contributed by atoms with E-state index in [1.165, 1.54) is 0 Å². The molecule has 3 rings (SSSR count). The van der Waals surface area contributed by atoms with Crippen LogP contribution in [-0.4, -0.2) is 39.3 Å². The summed E-state index contributed by atoms with van der Waals surface area (Å²) < 4.78 is 0. The smallest absolute Gasteiger partial charge is 0.182 e. The van der Waals surface area contributed by atoms with Crippen molar-refractivity contribution in [3.8, 4) is 11.4 Å². The van der Waals surface area contributed by atoms with Gasteiger partial charge >= 0.3 is 0 Å². The molecular formula is C17H21N5. The summed E-state index contributed by atoms with van der Waals surface area (Å²) in [5, 5.41) is 12.0. The van der Waals surface area contributed by atoms with Gasteiger partial charge in [0.1, 0.15) is 0 Å². The zero-order valence-electron chi connectivity index (χ0n) is 13.0. The van der Waals surface area contributed by atoms with E-state index in [4.69, 9.17) is 0 Å². The van der Waals surface area contributed by atoms with Crippen molar-refractivity contribution in [2.45, 2.75) is 26.4 Å². The second-order valence-corrected chi connectivity index (χ2v) is 5.51. The Kier molecular flexibility index (Phi) is 4.44. The molecule has 22 heavy (non-hydrogen) atoms. The van der Waals surface area contributed by atoms with E-state index in [2.05, 4.69) is 44.5 Å². The predicted octanol–water partition coefficient (Wildman–Crippen LogP) is 2.87. The number of hydrogen-bond acceptors (Lipinski definition) is 5. The molecule has 5 heteroatoms. The summed E-state index contributed by atoms with van der Waals surface area (Å²) in [6.45, 7) is 6.14. The first kappa shape index (κ1) is 14.7. The van der Waals surface area contributed by atoms with E-state index in [9.17, 15) is 0 Å². The molecule has 1 N–H and O–H groups in total. The van der Waals surface area contributed by atoms with Crippen molar-refractivity contribution in [2.75, 3.05) is 18.4 Å². The fraction of sp³-hybridized carbons (Fsp3) is 0.353. The third kappa shape index (κ3) is 3.31. The minimum Gasteiger partial charge on any atom is -0.352 e. The van der Waals surface area contributed by atoms with Crippen LogP contribution in [0.2, 0.25) is 0 Å². The summed E-state index contributed by atoms with van der Waals surface area (Å²) in [6.07, 6.45) is 5.74. The van der Waals surface area contributed by atoms with Gasteiger partial charge in [-0.3, -0.25) is 4.90 Å². The van der Waals surface area contributed by atoms with Crippen LogP contribution in [-0.2, 0) is 0 Å². The third-order valence-corrected chi connectivity index (χ3v) is 3.88. The Bertz CT molecular complexity index is 653. The maximum absolute atomic E-state index is 4.57. The molecule has 1 aromatic heterocycles. The summed E-state index contributed by atoms with van der Waals surface area (Å²) >= 11 is 0. The van der Waals surface area contributed by atoms with E-state index in [1.807, 2.05) is 37.3 Å². The lowest BCUT2D eigenvalue weighted by Gasteiger charge is -2.30. The lowest BCUT2D eigenvalue weighted by atomic mass is 10.2. The second kappa shape index (κ2) is 6.66. The minimum atomic E-state index is 0.210. The zero-order chi connectivity index (χ0) is 15.4. The molecule has 0 aliphatic carbocycles. The van der Waals surface area contributed by atoms with Crippen LogP contribution in [0.25, 0.3) is 11.4 Å². The molecule has 0 saturated carbocycles. The first-order valence-electron chi connectivity index (χ1n) is 7.66. The standard InChI is InChI=1S/C17H21N5/c1-13-16(19-14(2)22-11-7-4-8-12-22)20-21-17(18-13)15-9-5-3-6-10-15/h3-7,9-10,14H,8,11-12H2,1-2H3,(H,19,20). The van der Waals surface area contributed by atoms with Crippen molar-refractivity contribution in [3.63, 3.8) is 0 Å². The Balaban J connectivity index is 1.73. The Morgan fingerprint density at radius 2 is 1.95 bits per heavy atom. The Morgan fingerprint density at radius 3 is 2.64 bits per heavy atom. The van der Waals surface area contributed by atoms with E-state index in [0.29, 0.717) is 5.82 Å². The van der Waals surface area contributed by atoms with Gasteiger partial charge < -0.3 is 5.32 Å². The van der Waals surface area contributed by atoms with E-state index in [-0.39, 0.29) is 6.17 Å². The molecule has 1 atom stereocenters. The van der Waals surface area contributed by atoms with Gasteiger partial charge in [0, 0.05) is 18.7 Å². The van der Waals surface area contributed by atoms with E-state index < -0.39 is 0 Å². The first-order chi connectivity index (χ1) is 10.7. The highest BCUT2D eigenvalue weighted by Gasteiger charge is 2.16. The lowest BCUT2D eigenvalue weighted by molar-refractivity contribution is 0.248. The van der Waals surface area contributed by atoms with Gasteiger partial charge in [-0.15, -0.1) is 10.2 Å². The minimum absolute atomic E-state index is 0.210. The number of nitrogens with zero attached hydrogens (tertiary/aromatic N) is 4. The van der Waals surface area contributed by atoms with Crippen LogP contribution >= 0.6 is 0 Å². The largest absolute Gasteiger partial charge is 0.352 e. The molecule has 0 bridgehead atoms. The van der Waals surface area contributed by atoms with Crippen molar-refractivity contribution in [2.24, 2.45) is 0 Å². The van der Waals surface area contributed by atoms with Crippen molar-refractivity contribution >= 4 is 5.82 Å². The molecule has 0 spiro atoms. The Labute approximate surface area is 131 Å². The maximum atomic E-state index is 4.57. The molecule has 0 amide bonds. The van der Waals surface area contributed by atoms with E-state index in [1.54, 1.807) is 0 Å². The van der Waals surface area contributed by atoms with Gasteiger partial charge in [0.2, 0.25) is 0 Å². The lowest BCUT2D eigenvalue weighted by Crippen LogP contribution is -2.41. The molecule has 2 aromatic rings. The van der Waals surface area contributed by atoms with Crippen LogP contribution < -0.4 is 5.32 Å². The van der Waals surface area contributed by atoms with Crippen LogP contribution in [0.15, 0.2) is 42.5 Å². The fourth-order valence-corrected chi connectivity index (χ4v) is 2.55. The summed E-state index contributed by atoms with van der Waals surface area (Å²) in [5.74, 6) is 1.42. The van der Waals surface area contributed by atoms with Crippen molar-refractivity contribution in [1.82, 2.24) is 20.1 Å². The van der Waals surface area contributed by atoms with Gasteiger partial charge in [0.05, 0.1) is 11.9 Å². The van der Waals surface area contributed by atoms with Gasteiger partial charge in [-0.1, -0.05) is 42.5 Å². The summed E-state index contributed by atoms with van der Waals surface area (Å²) in [5.41, 5.74) is 1.85. The van der Waals surface area contributed by atoms with Crippen LogP contribution in [0.4, 0.5) is 5.82 Å². The number of rotatable bonds is 4. The topological polar surface area (TPSA) is 53.9 Å². The summed E-state index contributed by atoms with van der Waals surface area (Å²) in [4.78, 5) is 6.94. The molecular weight excluding hydrogens is 274 g/mol. The highest BCUT2D eigenvalue weighted by Crippen LogP contribution is 2.17. The molecule has 1 unspecified atom stereocenters. The Hall–Kier alpha value is -2.27. The Morgan fingerprint density at radius 1 is 1.14 bits per heavy atom. The predicted molar refractivity (Wildman–Crippen MR) is 88.4 cm³/mol. The molecule has 5 nitrogen and oxygen atoms in total. The molecule has 2 heterocycles. The van der Waals surface area contributed by atoms with Crippen molar-refractivity contribution in [3.05, 3.63) is 48.2 Å². The second-order valence-electron chi connectivity index (χ2n) is 5.51. The highest BCUT2D eigenvalue weighted by atomic mass is 15.3.